The van der Waals surface area contributed by atoms with Gasteiger partial charge in [-0.15, -0.1) is 22.7 Å². The van der Waals surface area contributed by atoms with E-state index in [1.54, 1.807) is 27.3 Å². The summed E-state index contributed by atoms with van der Waals surface area (Å²) in [6.07, 6.45) is 0. The highest BCUT2D eigenvalue weighted by molar-refractivity contribution is 7.93. The summed E-state index contributed by atoms with van der Waals surface area (Å²) >= 11 is 2.57. The van der Waals surface area contributed by atoms with Crippen molar-refractivity contribution in [3.8, 4) is 0 Å². The van der Waals surface area contributed by atoms with Gasteiger partial charge in [0.05, 0.1) is 4.88 Å². The third-order valence-corrected chi connectivity index (χ3v) is 8.67. The standard InChI is InChI=1S/C22H23N3O4S3/c1-15-3-6-17(7-4-15)23-32(28,29)19-9-14-30-20(19)22(27)25-12-10-24(11-13-25)21(26)18-8-5-16(2)31-18/h3-9,14,23H,10-13H2,1-2H3. The molecular weight excluding hydrogens is 466 g/mol. The van der Waals surface area contributed by atoms with Crippen molar-refractivity contribution in [2.45, 2.75) is 18.7 Å². The van der Waals surface area contributed by atoms with Crippen LogP contribution >= 0.6 is 22.7 Å². The van der Waals surface area contributed by atoms with Gasteiger partial charge >= 0.3 is 0 Å². The number of thiophene rings is 2. The summed E-state index contributed by atoms with van der Waals surface area (Å²) in [6, 6.07) is 12.2. The lowest BCUT2D eigenvalue weighted by atomic mass is 10.2. The second-order valence-corrected chi connectivity index (χ2v) is 11.4. The van der Waals surface area contributed by atoms with Crippen LogP contribution in [0.15, 0.2) is 52.7 Å². The number of carbonyl (C=O) groups is 2. The van der Waals surface area contributed by atoms with E-state index >= 15 is 0 Å². The molecule has 1 aromatic carbocycles. The predicted octanol–water partition coefficient (Wildman–Crippen LogP) is 3.83. The second-order valence-electron chi connectivity index (χ2n) is 7.58. The normalized spacial score (nSPS) is 14.4. The number of benzene rings is 1. The van der Waals surface area contributed by atoms with E-state index < -0.39 is 10.0 Å². The number of carbonyl (C=O) groups excluding carboxylic acids is 2. The van der Waals surface area contributed by atoms with Gasteiger partial charge in [-0.25, -0.2) is 8.42 Å². The second kappa shape index (κ2) is 9.05. The van der Waals surface area contributed by atoms with E-state index in [-0.39, 0.29) is 21.6 Å². The molecule has 1 aliphatic heterocycles. The van der Waals surface area contributed by atoms with Gasteiger partial charge in [-0.2, -0.15) is 0 Å². The van der Waals surface area contributed by atoms with Gasteiger partial charge in [0, 0.05) is 36.7 Å². The zero-order chi connectivity index (χ0) is 22.9. The molecule has 0 unspecified atom stereocenters. The lowest BCUT2D eigenvalue weighted by Gasteiger charge is -2.34. The molecule has 0 atom stereocenters. The molecule has 32 heavy (non-hydrogen) atoms. The highest BCUT2D eigenvalue weighted by atomic mass is 32.2. The first kappa shape index (κ1) is 22.5. The average Bonchev–Trinajstić information content (AvgIpc) is 3.44. The molecule has 0 radical (unpaired) electrons. The molecule has 168 valence electrons. The molecular formula is C22H23N3O4S3. The third-order valence-electron chi connectivity index (χ3n) is 5.22. The van der Waals surface area contributed by atoms with Crippen molar-refractivity contribution >= 4 is 50.2 Å². The Labute approximate surface area is 195 Å². The number of aryl methyl sites for hydroxylation is 2. The largest absolute Gasteiger partial charge is 0.334 e. The smallest absolute Gasteiger partial charge is 0.265 e. The van der Waals surface area contributed by atoms with Gasteiger partial charge in [0.1, 0.15) is 9.77 Å². The van der Waals surface area contributed by atoms with Crippen molar-refractivity contribution in [3.05, 3.63) is 68.0 Å². The summed E-state index contributed by atoms with van der Waals surface area (Å²) in [4.78, 5) is 31.0. The molecule has 0 saturated carbocycles. The Morgan fingerprint density at radius 3 is 2.09 bits per heavy atom. The molecule has 4 rings (SSSR count). The fraction of sp³-hybridized carbons (Fsp3) is 0.273. The minimum atomic E-state index is -3.91. The molecule has 0 spiro atoms. The minimum absolute atomic E-state index is 0.0272. The molecule has 2 aromatic heterocycles. The van der Waals surface area contributed by atoms with Crippen LogP contribution in [0.25, 0.3) is 0 Å². The number of anilines is 1. The van der Waals surface area contributed by atoms with Gasteiger partial charge in [0.2, 0.25) is 0 Å². The topological polar surface area (TPSA) is 86.8 Å². The SMILES string of the molecule is Cc1ccc(NS(=O)(=O)c2ccsc2C(=O)N2CCN(C(=O)c3ccc(C)s3)CC2)cc1. The molecule has 0 aliphatic carbocycles. The first-order valence-corrected chi connectivity index (χ1v) is 13.2. The van der Waals surface area contributed by atoms with Crippen LogP contribution in [0.3, 0.4) is 0 Å². The molecule has 1 saturated heterocycles. The number of piperazine rings is 1. The quantitative estimate of drug-likeness (QED) is 0.590. The predicted molar refractivity (Wildman–Crippen MR) is 127 cm³/mol. The van der Waals surface area contributed by atoms with E-state index in [2.05, 4.69) is 4.72 Å². The summed E-state index contributed by atoms with van der Waals surface area (Å²) in [5.74, 6) is -0.361. The Balaban J connectivity index is 1.44. The van der Waals surface area contributed by atoms with Crippen molar-refractivity contribution in [2.75, 3.05) is 30.9 Å². The maximum Gasteiger partial charge on any atom is 0.265 e. The highest BCUT2D eigenvalue weighted by Gasteiger charge is 2.30. The zero-order valence-electron chi connectivity index (χ0n) is 17.7. The molecule has 3 aromatic rings. The van der Waals surface area contributed by atoms with Gasteiger partial charge in [-0.3, -0.25) is 14.3 Å². The van der Waals surface area contributed by atoms with Crippen molar-refractivity contribution in [2.24, 2.45) is 0 Å². The van der Waals surface area contributed by atoms with Crippen LogP contribution in [0.1, 0.15) is 29.8 Å². The number of hydrogen-bond donors (Lipinski definition) is 1. The maximum absolute atomic E-state index is 13.1. The molecule has 3 heterocycles. The zero-order valence-corrected chi connectivity index (χ0v) is 20.1. The summed E-state index contributed by atoms with van der Waals surface area (Å²) < 4.78 is 28.4. The van der Waals surface area contributed by atoms with Gasteiger partial charge < -0.3 is 9.80 Å². The summed E-state index contributed by atoms with van der Waals surface area (Å²) in [6.45, 7) is 5.42. The molecule has 10 heteroatoms. The van der Waals surface area contributed by atoms with Crippen LogP contribution in [0.4, 0.5) is 5.69 Å². The molecule has 2 amide bonds. The Morgan fingerprint density at radius 2 is 1.50 bits per heavy atom. The van der Waals surface area contributed by atoms with E-state index in [0.29, 0.717) is 36.7 Å². The van der Waals surface area contributed by atoms with Crippen molar-refractivity contribution in [1.82, 2.24) is 9.80 Å². The van der Waals surface area contributed by atoms with Crippen molar-refractivity contribution in [3.63, 3.8) is 0 Å². The first-order valence-electron chi connectivity index (χ1n) is 10.1. The number of rotatable bonds is 5. The molecule has 1 fully saturated rings. The van der Waals surface area contributed by atoms with E-state index in [0.717, 1.165) is 21.8 Å². The van der Waals surface area contributed by atoms with Gasteiger partial charge in [-0.1, -0.05) is 17.7 Å². The van der Waals surface area contributed by atoms with E-state index in [1.807, 2.05) is 38.1 Å². The fourth-order valence-electron chi connectivity index (χ4n) is 3.46. The molecule has 1 N–H and O–H groups in total. The summed E-state index contributed by atoms with van der Waals surface area (Å²) in [5.41, 5.74) is 1.46. The van der Waals surface area contributed by atoms with Crippen molar-refractivity contribution < 1.29 is 18.0 Å². The molecule has 0 bridgehead atoms. The van der Waals surface area contributed by atoms with Crippen LogP contribution < -0.4 is 4.72 Å². The van der Waals surface area contributed by atoms with Gasteiger partial charge in [-0.05, 0) is 49.6 Å². The first-order chi connectivity index (χ1) is 15.2. The highest BCUT2D eigenvalue weighted by Crippen LogP contribution is 2.27. The maximum atomic E-state index is 13.1. The third kappa shape index (κ3) is 4.72. The Bertz CT molecular complexity index is 1240. The number of hydrogen-bond acceptors (Lipinski definition) is 6. The lowest BCUT2D eigenvalue weighted by molar-refractivity contribution is 0.0539. The van der Waals surface area contributed by atoms with Crippen LogP contribution in [-0.4, -0.2) is 56.2 Å². The number of amides is 2. The lowest BCUT2D eigenvalue weighted by Crippen LogP contribution is -2.50. The van der Waals surface area contributed by atoms with Crippen LogP contribution in [0.5, 0.6) is 0 Å². The number of nitrogens with zero attached hydrogens (tertiary/aromatic N) is 2. The fourth-order valence-corrected chi connectivity index (χ4v) is 6.74. The Hall–Kier alpha value is -2.69. The van der Waals surface area contributed by atoms with Gasteiger partial charge in [0.25, 0.3) is 21.8 Å². The summed E-state index contributed by atoms with van der Waals surface area (Å²) in [7, 11) is -3.91. The van der Waals surface area contributed by atoms with Gasteiger partial charge in [0.15, 0.2) is 0 Å². The minimum Gasteiger partial charge on any atom is -0.334 e. The van der Waals surface area contributed by atoms with Crippen molar-refractivity contribution in [1.29, 1.82) is 0 Å². The van der Waals surface area contributed by atoms with Crippen LogP contribution in [0, 0.1) is 13.8 Å². The Kier molecular flexibility index (Phi) is 6.36. The Morgan fingerprint density at radius 1 is 0.875 bits per heavy atom. The molecule has 7 nitrogen and oxygen atoms in total. The average molecular weight is 490 g/mol. The van der Waals surface area contributed by atoms with E-state index in [4.69, 9.17) is 0 Å². The number of nitrogens with one attached hydrogen (secondary N) is 1. The monoisotopic (exact) mass is 489 g/mol. The van der Waals surface area contributed by atoms with Crippen LogP contribution in [-0.2, 0) is 10.0 Å². The van der Waals surface area contributed by atoms with Crippen LogP contribution in [0.2, 0.25) is 0 Å². The van der Waals surface area contributed by atoms with E-state index in [1.165, 1.54) is 17.4 Å². The number of sulfonamides is 1. The van der Waals surface area contributed by atoms with E-state index in [9.17, 15) is 18.0 Å². The summed E-state index contributed by atoms with van der Waals surface area (Å²) in [5, 5.41) is 1.61. The molecule has 1 aliphatic rings.